The fraction of sp³-hybridized carbons (Fsp3) is 0.632. The van der Waals surface area contributed by atoms with E-state index in [4.69, 9.17) is 0 Å². The van der Waals surface area contributed by atoms with Crippen LogP contribution in [0.4, 0.5) is 0 Å². The maximum Gasteiger partial charge on any atom is 0.335 e. The molecule has 0 heterocycles. The molecule has 0 aliphatic rings. The van der Waals surface area contributed by atoms with Crippen LogP contribution in [0.3, 0.4) is 0 Å². The molecule has 1 rings (SSSR count). The number of rotatable bonds is 3. The highest BCUT2D eigenvalue weighted by Gasteiger charge is 2.33. The summed E-state index contributed by atoms with van der Waals surface area (Å²) in [7, 11) is 0. The molecule has 1 aromatic carbocycles. The van der Waals surface area contributed by atoms with E-state index in [0.29, 0.717) is 11.1 Å². The summed E-state index contributed by atoms with van der Waals surface area (Å²) in [5.74, 6) is -0.731. The summed E-state index contributed by atoms with van der Waals surface area (Å²) in [5.41, 5.74) is 1.09. The minimum atomic E-state index is -0.960. The molecular weight excluding hydrogens is 276 g/mol. The molecule has 0 saturated heterocycles. The van der Waals surface area contributed by atoms with E-state index in [0.717, 1.165) is 6.42 Å². The first-order valence-electron chi connectivity index (χ1n) is 7.76. The summed E-state index contributed by atoms with van der Waals surface area (Å²) in [6.07, 6.45) is 0.847. The lowest BCUT2D eigenvalue weighted by Gasteiger charge is -2.35. The van der Waals surface area contributed by atoms with Crippen molar-refractivity contribution in [2.45, 2.75) is 72.6 Å². The molecule has 0 amide bonds. The van der Waals surface area contributed by atoms with Crippen molar-refractivity contribution in [1.82, 2.24) is 0 Å². The van der Waals surface area contributed by atoms with E-state index >= 15 is 0 Å². The van der Waals surface area contributed by atoms with Crippen LogP contribution >= 0.6 is 0 Å². The van der Waals surface area contributed by atoms with Gasteiger partial charge in [0.1, 0.15) is 5.75 Å². The largest absolute Gasteiger partial charge is 0.507 e. The number of hydrogen-bond donors (Lipinski definition) is 2. The molecular formula is C19H30O3. The number of hydrogen-bond acceptors (Lipinski definition) is 2. The Kier molecular flexibility index (Phi) is 4.72. The summed E-state index contributed by atoms with van der Waals surface area (Å²) in [5, 5.41) is 20.2. The van der Waals surface area contributed by atoms with Gasteiger partial charge in [-0.1, -0.05) is 55.4 Å². The van der Waals surface area contributed by atoms with E-state index < -0.39 is 5.97 Å². The van der Waals surface area contributed by atoms with Gasteiger partial charge in [0.25, 0.3) is 0 Å². The lowest BCUT2D eigenvalue weighted by molar-refractivity contribution is 0.0696. The van der Waals surface area contributed by atoms with Gasteiger partial charge in [0.05, 0.1) is 5.56 Å². The molecule has 0 aliphatic heterocycles. The van der Waals surface area contributed by atoms with Crippen LogP contribution in [-0.4, -0.2) is 16.2 Å². The highest BCUT2D eigenvalue weighted by atomic mass is 16.4. The first-order valence-corrected chi connectivity index (χ1v) is 7.76. The average Bonchev–Trinajstić information content (AvgIpc) is 2.23. The van der Waals surface area contributed by atoms with E-state index in [1.807, 2.05) is 20.8 Å². The molecule has 0 fully saturated rings. The third-order valence-corrected chi connectivity index (χ3v) is 3.87. The Bertz CT molecular complexity index is 570. The summed E-state index contributed by atoms with van der Waals surface area (Å²) < 4.78 is 0. The quantitative estimate of drug-likeness (QED) is 0.816. The molecule has 3 nitrogen and oxygen atoms in total. The van der Waals surface area contributed by atoms with Crippen molar-refractivity contribution >= 4 is 5.97 Å². The lowest BCUT2D eigenvalue weighted by atomic mass is 9.70. The standard InChI is InChI=1S/C19H30O3/c1-17(2,3)11-19(7,8)14-10-12(16(21)22)9-13(15(14)20)18(4,5)6/h9-10,20H,11H2,1-8H3,(H,21,22). The summed E-state index contributed by atoms with van der Waals surface area (Å²) in [6, 6.07) is 3.22. The first kappa shape index (κ1) is 18.5. The van der Waals surface area contributed by atoms with E-state index in [9.17, 15) is 15.0 Å². The number of phenols is 1. The zero-order valence-corrected chi connectivity index (χ0v) is 15.2. The summed E-state index contributed by atoms with van der Waals surface area (Å²) in [4.78, 5) is 11.5. The minimum Gasteiger partial charge on any atom is -0.507 e. The SMILES string of the molecule is CC(C)(C)CC(C)(C)c1cc(C(=O)O)cc(C(C)(C)C)c1O. The predicted octanol–water partition coefficient (Wildman–Crippen LogP) is 5.10. The van der Waals surface area contributed by atoms with E-state index in [-0.39, 0.29) is 27.6 Å². The number of phenolic OH excluding ortho intramolecular Hbond substituents is 1. The molecule has 0 bridgehead atoms. The Labute approximate surface area is 134 Å². The third kappa shape index (κ3) is 4.25. The molecule has 0 aromatic heterocycles. The Morgan fingerprint density at radius 2 is 1.41 bits per heavy atom. The maximum atomic E-state index is 11.5. The number of carbonyl (C=O) groups is 1. The van der Waals surface area contributed by atoms with Crippen LogP contribution in [0.2, 0.25) is 0 Å². The first-order chi connectivity index (χ1) is 9.65. The van der Waals surface area contributed by atoms with Gasteiger partial charge in [-0.25, -0.2) is 4.79 Å². The predicted molar refractivity (Wildman–Crippen MR) is 90.9 cm³/mol. The molecule has 0 radical (unpaired) electrons. The summed E-state index contributed by atoms with van der Waals surface area (Å²) in [6.45, 7) is 16.5. The van der Waals surface area contributed by atoms with Crippen LogP contribution in [0.1, 0.15) is 83.3 Å². The smallest absolute Gasteiger partial charge is 0.335 e. The molecule has 22 heavy (non-hydrogen) atoms. The van der Waals surface area contributed by atoms with Gasteiger partial charge in [0, 0.05) is 11.1 Å². The Morgan fingerprint density at radius 3 is 1.77 bits per heavy atom. The second-order valence-electron chi connectivity index (χ2n) is 9.10. The number of carboxylic acids is 1. The highest BCUT2D eigenvalue weighted by Crippen LogP contribution is 2.44. The molecule has 124 valence electrons. The fourth-order valence-corrected chi connectivity index (χ4v) is 3.27. The molecule has 3 heteroatoms. The van der Waals surface area contributed by atoms with Crippen LogP contribution in [0.25, 0.3) is 0 Å². The monoisotopic (exact) mass is 306 g/mol. The van der Waals surface area contributed by atoms with Crippen LogP contribution in [0.15, 0.2) is 12.1 Å². The Balaban J connectivity index is 3.60. The molecule has 2 N–H and O–H groups in total. The maximum absolute atomic E-state index is 11.5. The van der Waals surface area contributed by atoms with Crippen LogP contribution in [-0.2, 0) is 10.8 Å². The van der Waals surface area contributed by atoms with Crippen molar-refractivity contribution in [2.75, 3.05) is 0 Å². The van der Waals surface area contributed by atoms with Crippen LogP contribution in [0, 0.1) is 5.41 Å². The van der Waals surface area contributed by atoms with Crippen molar-refractivity contribution < 1.29 is 15.0 Å². The van der Waals surface area contributed by atoms with Crippen molar-refractivity contribution in [2.24, 2.45) is 5.41 Å². The van der Waals surface area contributed by atoms with Gasteiger partial charge in [-0.2, -0.15) is 0 Å². The fourth-order valence-electron chi connectivity index (χ4n) is 3.27. The zero-order chi connectivity index (χ0) is 17.5. The third-order valence-electron chi connectivity index (χ3n) is 3.87. The van der Waals surface area contributed by atoms with Crippen molar-refractivity contribution in [3.8, 4) is 5.75 Å². The summed E-state index contributed by atoms with van der Waals surface area (Å²) >= 11 is 0. The average molecular weight is 306 g/mol. The van der Waals surface area contributed by atoms with Gasteiger partial charge >= 0.3 is 5.97 Å². The van der Waals surface area contributed by atoms with Gasteiger partial charge in [-0.3, -0.25) is 0 Å². The number of carboxylic acid groups (broad SMARTS) is 1. The number of aromatic carboxylic acids is 1. The van der Waals surface area contributed by atoms with Crippen molar-refractivity contribution in [1.29, 1.82) is 0 Å². The zero-order valence-electron chi connectivity index (χ0n) is 15.2. The van der Waals surface area contributed by atoms with Crippen molar-refractivity contribution in [3.05, 3.63) is 28.8 Å². The van der Waals surface area contributed by atoms with E-state index in [2.05, 4.69) is 34.6 Å². The Morgan fingerprint density at radius 1 is 0.955 bits per heavy atom. The molecule has 1 aromatic rings. The Hall–Kier alpha value is -1.51. The lowest BCUT2D eigenvalue weighted by Crippen LogP contribution is -2.26. The molecule has 0 unspecified atom stereocenters. The minimum absolute atomic E-state index is 0.0804. The van der Waals surface area contributed by atoms with E-state index in [1.54, 1.807) is 12.1 Å². The van der Waals surface area contributed by atoms with Gasteiger partial charge in [-0.15, -0.1) is 0 Å². The van der Waals surface area contributed by atoms with Crippen LogP contribution in [0.5, 0.6) is 5.75 Å². The topological polar surface area (TPSA) is 57.5 Å². The van der Waals surface area contributed by atoms with Crippen molar-refractivity contribution in [3.63, 3.8) is 0 Å². The van der Waals surface area contributed by atoms with Gasteiger partial charge < -0.3 is 10.2 Å². The van der Waals surface area contributed by atoms with Gasteiger partial charge in [0.15, 0.2) is 0 Å². The second-order valence-corrected chi connectivity index (χ2v) is 9.10. The second kappa shape index (κ2) is 5.60. The van der Waals surface area contributed by atoms with Crippen LogP contribution < -0.4 is 0 Å². The van der Waals surface area contributed by atoms with Gasteiger partial charge in [-0.05, 0) is 34.8 Å². The molecule has 0 aliphatic carbocycles. The molecule has 0 spiro atoms. The molecule has 0 saturated carbocycles. The highest BCUT2D eigenvalue weighted by molar-refractivity contribution is 5.88. The van der Waals surface area contributed by atoms with E-state index in [1.165, 1.54) is 0 Å². The normalized spacial score (nSPS) is 13.3. The number of benzene rings is 1. The number of aromatic hydroxyl groups is 1. The van der Waals surface area contributed by atoms with Gasteiger partial charge in [0.2, 0.25) is 0 Å². The molecule has 0 atom stereocenters.